The van der Waals surface area contributed by atoms with Crippen LogP contribution in [0.5, 0.6) is 0 Å². The molecule has 21 heavy (non-hydrogen) atoms. The molecule has 2 aliphatic rings. The zero-order valence-electron chi connectivity index (χ0n) is 12.5. The van der Waals surface area contributed by atoms with E-state index in [0.29, 0.717) is 25.1 Å². The smallest absolute Gasteiger partial charge is 0.239 e. The molecule has 0 spiro atoms. The van der Waals surface area contributed by atoms with E-state index in [1.165, 1.54) is 25.7 Å². The fourth-order valence-electron chi connectivity index (χ4n) is 3.17. The van der Waals surface area contributed by atoms with Gasteiger partial charge in [-0.15, -0.1) is 12.4 Å². The Bertz CT molecular complexity index is 340. The number of methoxy groups -OCH3 is 1. The highest BCUT2D eigenvalue weighted by Gasteiger charge is 2.38. The van der Waals surface area contributed by atoms with Crippen LogP contribution in [0, 0.1) is 5.92 Å². The lowest BCUT2D eigenvalue weighted by atomic mass is 9.85. The van der Waals surface area contributed by atoms with Gasteiger partial charge in [0.15, 0.2) is 0 Å². The highest BCUT2D eigenvalue weighted by Crippen LogP contribution is 2.33. The predicted molar refractivity (Wildman–Crippen MR) is 82.4 cm³/mol. The lowest BCUT2D eigenvalue weighted by Gasteiger charge is -2.24. The van der Waals surface area contributed by atoms with E-state index in [4.69, 9.17) is 4.74 Å². The second-order valence-corrected chi connectivity index (χ2v) is 5.67. The van der Waals surface area contributed by atoms with Crippen molar-refractivity contribution in [2.75, 3.05) is 26.8 Å². The first-order valence-electron chi connectivity index (χ1n) is 7.50. The molecule has 3 unspecified atom stereocenters. The topological polar surface area (TPSA) is 79.5 Å². The average molecular weight is 320 g/mol. The SMILES string of the molecule is COCCNC(=O)CNC(=O)C1CC2CCCCC2N1.Cl. The molecule has 0 aromatic heterocycles. The van der Waals surface area contributed by atoms with Gasteiger partial charge in [-0.3, -0.25) is 9.59 Å². The van der Waals surface area contributed by atoms with Crippen LogP contribution in [0.25, 0.3) is 0 Å². The maximum Gasteiger partial charge on any atom is 0.239 e. The van der Waals surface area contributed by atoms with Gasteiger partial charge in [0, 0.05) is 19.7 Å². The molecule has 0 radical (unpaired) electrons. The highest BCUT2D eigenvalue weighted by molar-refractivity contribution is 5.87. The van der Waals surface area contributed by atoms with Crippen LogP contribution in [0.15, 0.2) is 0 Å². The summed E-state index contributed by atoms with van der Waals surface area (Å²) in [4.78, 5) is 23.5. The Morgan fingerprint density at radius 2 is 2.00 bits per heavy atom. The van der Waals surface area contributed by atoms with Crippen LogP contribution in [0.1, 0.15) is 32.1 Å². The molecule has 1 aliphatic carbocycles. The first-order chi connectivity index (χ1) is 9.70. The Hall–Kier alpha value is -0.850. The van der Waals surface area contributed by atoms with Crippen molar-refractivity contribution in [2.24, 2.45) is 5.92 Å². The minimum absolute atomic E-state index is 0. The number of amides is 2. The van der Waals surface area contributed by atoms with Gasteiger partial charge in [-0.05, 0) is 25.2 Å². The van der Waals surface area contributed by atoms with E-state index in [0.717, 1.165) is 6.42 Å². The summed E-state index contributed by atoms with van der Waals surface area (Å²) in [5.41, 5.74) is 0. The molecule has 1 saturated heterocycles. The molecule has 122 valence electrons. The third kappa shape index (κ3) is 5.45. The monoisotopic (exact) mass is 319 g/mol. The normalized spacial score (nSPS) is 27.4. The Kier molecular flexibility index (Phi) is 8.00. The molecule has 0 aromatic carbocycles. The van der Waals surface area contributed by atoms with Crippen molar-refractivity contribution < 1.29 is 14.3 Å². The third-order valence-electron chi connectivity index (χ3n) is 4.23. The summed E-state index contributed by atoms with van der Waals surface area (Å²) in [6.07, 6.45) is 5.83. The summed E-state index contributed by atoms with van der Waals surface area (Å²) in [5.74, 6) is 0.405. The van der Waals surface area contributed by atoms with Gasteiger partial charge in [0.2, 0.25) is 11.8 Å². The summed E-state index contributed by atoms with van der Waals surface area (Å²) >= 11 is 0. The van der Waals surface area contributed by atoms with Gasteiger partial charge >= 0.3 is 0 Å². The van der Waals surface area contributed by atoms with Gasteiger partial charge < -0.3 is 20.7 Å². The largest absolute Gasteiger partial charge is 0.383 e. The second kappa shape index (κ2) is 9.23. The van der Waals surface area contributed by atoms with Crippen LogP contribution in [0.3, 0.4) is 0 Å². The fourth-order valence-corrected chi connectivity index (χ4v) is 3.17. The number of ether oxygens (including phenoxy) is 1. The zero-order chi connectivity index (χ0) is 14.4. The molecule has 1 aliphatic heterocycles. The second-order valence-electron chi connectivity index (χ2n) is 5.67. The number of halogens is 1. The maximum atomic E-state index is 12.0. The molecule has 3 atom stereocenters. The average Bonchev–Trinajstić information content (AvgIpc) is 2.89. The van der Waals surface area contributed by atoms with Gasteiger partial charge in [0.1, 0.15) is 0 Å². The number of hydrogen-bond donors (Lipinski definition) is 3. The zero-order valence-corrected chi connectivity index (χ0v) is 13.3. The van der Waals surface area contributed by atoms with Crippen LogP contribution >= 0.6 is 12.4 Å². The number of fused-ring (bicyclic) bond motifs is 1. The lowest BCUT2D eigenvalue weighted by molar-refractivity contribution is -0.127. The van der Waals surface area contributed by atoms with Crippen molar-refractivity contribution in [2.45, 2.75) is 44.2 Å². The molecule has 0 aromatic rings. The van der Waals surface area contributed by atoms with E-state index >= 15 is 0 Å². The van der Waals surface area contributed by atoms with Crippen molar-refractivity contribution in [1.82, 2.24) is 16.0 Å². The van der Waals surface area contributed by atoms with Gasteiger partial charge in [-0.25, -0.2) is 0 Å². The molecule has 0 bridgehead atoms. The van der Waals surface area contributed by atoms with Gasteiger partial charge in [0.25, 0.3) is 0 Å². The maximum absolute atomic E-state index is 12.0. The van der Waals surface area contributed by atoms with Crippen molar-refractivity contribution in [3.63, 3.8) is 0 Å². The molecule has 7 heteroatoms. The Balaban J connectivity index is 0.00000220. The van der Waals surface area contributed by atoms with E-state index in [1.54, 1.807) is 7.11 Å². The summed E-state index contributed by atoms with van der Waals surface area (Å²) in [6, 6.07) is 0.366. The summed E-state index contributed by atoms with van der Waals surface area (Å²) in [6.45, 7) is 0.986. The summed E-state index contributed by atoms with van der Waals surface area (Å²) in [5, 5.41) is 8.79. The van der Waals surface area contributed by atoms with Crippen LogP contribution in [0.2, 0.25) is 0 Å². The molecule has 2 rings (SSSR count). The van der Waals surface area contributed by atoms with E-state index in [9.17, 15) is 9.59 Å². The van der Waals surface area contributed by atoms with Crippen LogP contribution in [-0.4, -0.2) is 50.7 Å². The number of rotatable bonds is 6. The standard InChI is InChI=1S/C14H25N3O3.ClH/c1-20-7-6-15-13(18)9-16-14(19)12-8-10-4-2-3-5-11(10)17-12;/h10-12,17H,2-9H2,1H3,(H,15,18)(H,16,19);1H. The molecule has 2 fully saturated rings. The van der Waals surface area contributed by atoms with Crippen LogP contribution in [0.4, 0.5) is 0 Å². The quantitative estimate of drug-likeness (QED) is 0.611. The van der Waals surface area contributed by atoms with E-state index in [-0.39, 0.29) is 36.8 Å². The fraction of sp³-hybridized carbons (Fsp3) is 0.857. The van der Waals surface area contributed by atoms with Crippen molar-refractivity contribution in [3.8, 4) is 0 Å². The van der Waals surface area contributed by atoms with Crippen molar-refractivity contribution >= 4 is 24.2 Å². The number of carbonyl (C=O) groups excluding carboxylic acids is 2. The first-order valence-corrected chi connectivity index (χ1v) is 7.50. The molecule has 1 heterocycles. The van der Waals surface area contributed by atoms with E-state index in [2.05, 4.69) is 16.0 Å². The lowest BCUT2D eigenvalue weighted by Crippen LogP contribution is -2.46. The number of hydrogen-bond acceptors (Lipinski definition) is 4. The third-order valence-corrected chi connectivity index (χ3v) is 4.23. The van der Waals surface area contributed by atoms with Gasteiger partial charge in [-0.1, -0.05) is 12.8 Å². The summed E-state index contributed by atoms with van der Waals surface area (Å²) < 4.78 is 4.84. The predicted octanol–water partition coefficient (Wildman–Crippen LogP) is 0.208. The minimum Gasteiger partial charge on any atom is -0.383 e. The molecular formula is C14H26ClN3O3. The Labute approximate surface area is 132 Å². The van der Waals surface area contributed by atoms with Crippen molar-refractivity contribution in [1.29, 1.82) is 0 Å². The Morgan fingerprint density at radius 3 is 2.71 bits per heavy atom. The number of nitrogens with one attached hydrogen (secondary N) is 3. The van der Waals surface area contributed by atoms with Gasteiger partial charge in [0.05, 0.1) is 19.2 Å². The van der Waals surface area contributed by atoms with Crippen molar-refractivity contribution in [3.05, 3.63) is 0 Å². The van der Waals surface area contributed by atoms with Crippen LogP contribution in [-0.2, 0) is 14.3 Å². The summed E-state index contributed by atoms with van der Waals surface area (Å²) in [7, 11) is 1.58. The molecular weight excluding hydrogens is 294 g/mol. The van der Waals surface area contributed by atoms with E-state index in [1.807, 2.05) is 0 Å². The highest BCUT2D eigenvalue weighted by atomic mass is 35.5. The molecule has 6 nitrogen and oxygen atoms in total. The van der Waals surface area contributed by atoms with E-state index < -0.39 is 0 Å². The molecule has 1 saturated carbocycles. The van der Waals surface area contributed by atoms with Crippen LogP contribution < -0.4 is 16.0 Å². The molecule has 3 N–H and O–H groups in total. The van der Waals surface area contributed by atoms with Gasteiger partial charge in [-0.2, -0.15) is 0 Å². The Morgan fingerprint density at radius 1 is 1.24 bits per heavy atom. The minimum atomic E-state index is -0.175. The number of carbonyl (C=O) groups is 2. The molecule has 2 amide bonds. The first kappa shape index (κ1) is 18.2.